The SMILES string of the molecule is CC(CCCC=O)C(C)(C)[NH3+].[I-]. The fourth-order valence-electron chi connectivity index (χ4n) is 0.898. The summed E-state index contributed by atoms with van der Waals surface area (Å²) in [6.07, 6.45) is 3.79. The van der Waals surface area contributed by atoms with Gasteiger partial charge in [-0.3, -0.25) is 0 Å². The molecule has 0 aliphatic rings. The molecule has 1 unspecified atom stereocenters. The van der Waals surface area contributed by atoms with Gasteiger partial charge in [-0.1, -0.05) is 6.92 Å². The summed E-state index contributed by atoms with van der Waals surface area (Å²) in [6, 6.07) is 0. The molecular formula is C9H20INO. The highest BCUT2D eigenvalue weighted by Crippen LogP contribution is 2.16. The quantitative estimate of drug-likeness (QED) is 0.355. The van der Waals surface area contributed by atoms with Gasteiger partial charge in [-0.2, -0.15) is 0 Å². The van der Waals surface area contributed by atoms with E-state index < -0.39 is 0 Å². The van der Waals surface area contributed by atoms with Crippen molar-refractivity contribution in [1.29, 1.82) is 0 Å². The second-order valence-electron chi connectivity index (χ2n) is 3.99. The Labute approximate surface area is 92.3 Å². The number of hydrogen-bond acceptors (Lipinski definition) is 1. The molecule has 0 aliphatic heterocycles. The van der Waals surface area contributed by atoms with Crippen molar-refractivity contribution in [2.45, 2.75) is 45.6 Å². The topological polar surface area (TPSA) is 44.7 Å². The third-order valence-corrected chi connectivity index (χ3v) is 2.29. The van der Waals surface area contributed by atoms with Crippen LogP contribution in [-0.2, 0) is 4.79 Å². The minimum absolute atomic E-state index is 0. The van der Waals surface area contributed by atoms with Gasteiger partial charge in [-0.15, -0.1) is 0 Å². The maximum Gasteiger partial charge on any atom is 0.119 e. The molecule has 3 heteroatoms. The van der Waals surface area contributed by atoms with Gasteiger partial charge in [0, 0.05) is 12.3 Å². The van der Waals surface area contributed by atoms with Gasteiger partial charge in [-0.25, -0.2) is 0 Å². The lowest BCUT2D eigenvalue weighted by atomic mass is 9.86. The predicted molar refractivity (Wildman–Crippen MR) is 46.0 cm³/mol. The van der Waals surface area contributed by atoms with Crippen molar-refractivity contribution < 1.29 is 34.5 Å². The van der Waals surface area contributed by atoms with Crippen molar-refractivity contribution in [2.75, 3.05) is 0 Å². The van der Waals surface area contributed by atoms with Crippen molar-refractivity contribution in [3.05, 3.63) is 0 Å². The lowest BCUT2D eigenvalue weighted by molar-refractivity contribution is -0.479. The summed E-state index contributed by atoms with van der Waals surface area (Å²) in [5.74, 6) is 0.599. The molecule has 0 rings (SSSR count). The van der Waals surface area contributed by atoms with Gasteiger partial charge >= 0.3 is 0 Å². The lowest BCUT2D eigenvalue weighted by Crippen LogP contribution is -3.00. The molecule has 0 aromatic carbocycles. The molecule has 12 heavy (non-hydrogen) atoms. The van der Waals surface area contributed by atoms with Gasteiger partial charge in [0.1, 0.15) is 6.29 Å². The Morgan fingerprint density at radius 2 is 2.00 bits per heavy atom. The molecule has 0 aliphatic carbocycles. The summed E-state index contributed by atoms with van der Waals surface area (Å²) in [6.45, 7) is 6.47. The molecule has 0 amide bonds. The number of aldehydes is 1. The van der Waals surface area contributed by atoms with Crippen LogP contribution in [-0.4, -0.2) is 11.8 Å². The van der Waals surface area contributed by atoms with E-state index in [1.165, 1.54) is 0 Å². The first-order chi connectivity index (χ1) is 4.98. The zero-order chi connectivity index (χ0) is 8.91. The normalized spacial score (nSPS) is 13.3. The third-order valence-electron chi connectivity index (χ3n) is 2.29. The van der Waals surface area contributed by atoms with E-state index in [1.807, 2.05) is 0 Å². The Morgan fingerprint density at radius 3 is 2.33 bits per heavy atom. The van der Waals surface area contributed by atoms with Crippen LogP contribution in [0.2, 0.25) is 0 Å². The van der Waals surface area contributed by atoms with Gasteiger partial charge in [-0.05, 0) is 26.7 Å². The second-order valence-corrected chi connectivity index (χ2v) is 3.99. The van der Waals surface area contributed by atoms with Gasteiger partial charge in [0.25, 0.3) is 0 Å². The van der Waals surface area contributed by atoms with Crippen molar-refractivity contribution in [1.82, 2.24) is 0 Å². The number of carbonyl (C=O) groups is 1. The zero-order valence-electron chi connectivity index (χ0n) is 8.27. The molecule has 0 aromatic heterocycles. The summed E-state index contributed by atoms with van der Waals surface area (Å²) in [5, 5.41) is 0. The van der Waals surface area contributed by atoms with Crippen LogP contribution in [0.4, 0.5) is 0 Å². The highest BCUT2D eigenvalue weighted by Gasteiger charge is 2.23. The standard InChI is InChI=1S/C9H19NO.HI/c1-8(9(2,3)10)6-4-5-7-11;/h7-8H,4-6,10H2,1-3H3;1H. The number of rotatable bonds is 5. The number of hydrogen-bond donors (Lipinski definition) is 1. The zero-order valence-corrected chi connectivity index (χ0v) is 10.4. The van der Waals surface area contributed by atoms with Crippen LogP contribution < -0.4 is 29.7 Å². The summed E-state index contributed by atoms with van der Waals surface area (Å²) < 4.78 is 0. The Morgan fingerprint density at radius 1 is 1.50 bits per heavy atom. The van der Waals surface area contributed by atoms with E-state index in [9.17, 15) is 4.79 Å². The van der Waals surface area contributed by atoms with E-state index in [1.54, 1.807) is 0 Å². The smallest absolute Gasteiger partial charge is 0.119 e. The van der Waals surface area contributed by atoms with Crippen LogP contribution in [0.15, 0.2) is 0 Å². The average Bonchev–Trinajstić information content (AvgIpc) is 1.86. The molecule has 74 valence electrons. The largest absolute Gasteiger partial charge is 1.00 e. The molecule has 0 saturated carbocycles. The first-order valence-corrected chi connectivity index (χ1v) is 4.27. The molecular weight excluding hydrogens is 265 g/mol. The van der Waals surface area contributed by atoms with Crippen molar-refractivity contribution in [2.24, 2.45) is 5.92 Å². The van der Waals surface area contributed by atoms with E-state index >= 15 is 0 Å². The van der Waals surface area contributed by atoms with Gasteiger partial charge < -0.3 is 34.5 Å². The van der Waals surface area contributed by atoms with Crippen LogP contribution in [0.25, 0.3) is 0 Å². The van der Waals surface area contributed by atoms with Gasteiger partial charge in [0.2, 0.25) is 0 Å². The van der Waals surface area contributed by atoms with Crippen LogP contribution >= 0.6 is 0 Å². The number of carbonyl (C=O) groups excluding carboxylic acids is 1. The summed E-state index contributed by atoms with van der Waals surface area (Å²) in [5.41, 5.74) is 4.20. The van der Waals surface area contributed by atoms with Crippen LogP contribution in [0.5, 0.6) is 0 Å². The maximum absolute atomic E-state index is 10.0. The third kappa shape index (κ3) is 7.03. The molecule has 0 radical (unpaired) electrons. The summed E-state index contributed by atoms with van der Waals surface area (Å²) >= 11 is 0. The van der Waals surface area contributed by atoms with Crippen molar-refractivity contribution >= 4 is 6.29 Å². The van der Waals surface area contributed by atoms with E-state index in [4.69, 9.17) is 0 Å². The first kappa shape index (κ1) is 14.9. The Balaban J connectivity index is 0. The van der Waals surface area contributed by atoms with E-state index in [0.717, 1.165) is 19.1 Å². The maximum atomic E-state index is 10.0. The molecule has 0 aromatic rings. The van der Waals surface area contributed by atoms with E-state index in [2.05, 4.69) is 26.5 Å². The summed E-state index contributed by atoms with van der Waals surface area (Å²) in [7, 11) is 0. The second kappa shape index (κ2) is 6.83. The highest BCUT2D eigenvalue weighted by atomic mass is 127. The average molecular weight is 285 g/mol. The van der Waals surface area contributed by atoms with Gasteiger partial charge in [0.05, 0.1) is 5.54 Å². The molecule has 1 atom stereocenters. The fraction of sp³-hybridized carbons (Fsp3) is 0.889. The molecule has 2 nitrogen and oxygen atoms in total. The number of halogens is 1. The first-order valence-electron chi connectivity index (χ1n) is 4.27. The van der Waals surface area contributed by atoms with Crippen LogP contribution in [0.1, 0.15) is 40.0 Å². The monoisotopic (exact) mass is 285 g/mol. The predicted octanol–water partition coefficient (Wildman–Crippen LogP) is -1.98. The van der Waals surface area contributed by atoms with Crippen LogP contribution in [0.3, 0.4) is 0 Å². The Bertz CT molecular complexity index is 120. The van der Waals surface area contributed by atoms with Crippen LogP contribution in [0, 0.1) is 5.92 Å². The molecule has 0 fully saturated rings. The minimum atomic E-state index is 0. The fourth-order valence-corrected chi connectivity index (χ4v) is 0.898. The van der Waals surface area contributed by atoms with Crippen molar-refractivity contribution in [3.8, 4) is 0 Å². The highest BCUT2D eigenvalue weighted by molar-refractivity contribution is 5.48. The molecule has 0 spiro atoms. The Hall–Kier alpha value is 0.360. The number of unbranched alkanes of at least 4 members (excludes halogenated alkanes) is 1. The minimum Gasteiger partial charge on any atom is -1.00 e. The molecule has 0 heterocycles. The Kier molecular flexibility index (Phi) is 8.46. The summed E-state index contributed by atoms with van der Waals surface area (Å²) in [4.78, 5) is 10.0. The molecule has 0 bridgehead atoms. The molecule has 0 saturated heterocycles. The van der Waals surface area contributed by atoms with Gasteiger partial charge in [0.15, 0.2) is 0 Å². The van der Waals surface area contributed by atoms with Crippen molar-refractivity contribution in [3.63, 3.8) is 0 Å². The lowest BCUT2D eigenvalue weighted by Gasteiger charge is -2.22. The van der Waals surface area contributed by atoms with E-state index in [0.29, 0.717) is 12.3 Å². The van der Waals surface area contributed by atoms with E-state index in [-0.39, 0.29) is 29.5 Å². The number of quaternary nitrogens is 1. The molecule has 3 N–H and O–H groups in total.